The highest BCUT2D eigenvalue weighted by molar-refractivity contribution is 8.00. The van der Waals surface area contributed by atoms with Crippen molar-refractivity contribution in [3.05, 3.63) is 24.3 Å². The molecular formula is C10H10N2OS. The fraction of sp³-hybridized carbons (Fsp3) is 0.300. The molecule has 4 heteroatoms. The first kappa shape index (κ1) is 9.38. The fourth-order valence-electron chi connectivity index (χ4n) is 1.29. The van der Waals surface area contributed by atoms with Crippen LogP contribution in [0.25, 0.3) is 0 Å². The lowest BCUT2D eigenvalue weighted by molar-refractivity contribution is 0.290. The number of thioether (sulfide) groups is 1. The highest BCUT2D eigenvalue weighted by Crippen LogP contribution is 2.35. The van der Waals surface area contributed by atoms with Crippen LogP contribution in [0, 0.1) is 11.3 Å². The lowest BCUT2D eigenvalue weighted by atomic mass is 10.2. The topological polar surface area (TPSA) is 59.0 Å². The summed E-state index contributed by atoms with van der Waals surface area (Å²) in [5.41, 5.74) is 5.80. The van der Waals surface area contributed by atoms with Crippen LogP contribution < -0.4 is 10.5 Å². The molecule has 3 nitrogen and oxygen atoms in total. The van der Waals surface area contributed by atoms with Gasteiger partial charge in [-0.25, -0.2) is 0 Å². The van der Waals surface area contributed by atoms with E-state index in [-0.39, 0.29) is 11.3 Å². The van der Waals surface area contributed by atoms with Gasteiger partial charge in [-0.1, -0.05) is 12.1 Å². The molecule has 0 aliphatic carbocycles. The summed E-state index contributed by atoms with van der Waals surface area (Å²) in [7, 11) is 0. The lowest BCUT2D eigenvalue weighted by Gasteiger charge is -2.11. The second kappa shape index (κ2) is 3.91. The van der Waals surface area contributed by atoms with Crippen LogP contribution in [-0.4, -0.2) is 17.9 Å². The largest absolute Gasteiger partial charge is 0.491 e. The molecular weight excluding hydrogens is 196 g/mol. The van der Waals surface area contributed by atoms with Crippen molar-refractivity contribution >= 4 is 11.8 Å². The molecule has 1 aromatic carbocycles. The molecule has 1 aromatic rings. The average Bonchev–Trinajstić information content (AvgIpc) is 2.38. The quantitative estimate of drug-likeness (QED) is 0.697. The Kier molecular flexibility index (Phi) is 2.62. The van der Waals surface area contributed by atoms with Gasteiger partial charge in [-0.3, -0.25) is 0 Å². The highest BCUT2D eigenvalue weighted by atomic mass is 32.2. The Bertz CT molecular complexity index is 375. The number of benzene rings is 1. The van der Waals surface area contributed by atoms with Crippen LogP contribution >= 0.6 is 11.8 Å². The van der Waals surface area contributed by atoms with Gasteiger partial charge in [0.05, 0.1) is 17.0 Å². The lowest BCUT2D eigenvalue weighted by Crippen LogP contribution is -2.35. The third-order valence-electron chi connectivity index (χ3n) is 2.05. The van der Waals surface area contributed by atoms with Crippen LogP contribution in [0.5, 0.6) is 5.75 Å². The average molecular weight is 206 g/mol. The van der Waals surface area contributed by atoms with Gasteiger partial charge >= 0.3 is 0 Å². The Morgan fingerprint density at radius 2 is 2.29 bits per heavy atom. The van der Waals surface area contributed by atoms with Gasteiger partial charge in [-0.05, 0) is 12.1 Å². The number of nitriles is 1. The third kappa shape index (κ3) is 1.69. The molecule has 2 rings (SSSR count). The molecule has 0 radical (unpaired) electrons. The molecule has 1 aliphatic heterocycles. The SMILES string of the molecule is N#CC1Sc2ccccc2OCC1N. The van der Waals surface area contributed by atoms with Gasteiger partial charge < -0.3 is 10.5 Å². The Morgan fingerprint density at radius 1 is 1.50 bits per heavy atom. The number of para-hydroxylation sites is 1. The number of hydrogen-bond acceptors (Lipinski definition) is 4. The number of hydrogen-bond donors (Lipinski definition) is 1. The molecule has 0 aromatic heterocycles. The maximum atomic E-state index is 8.91. The summed E-state index contributed by atoms with van der Waals surface area (Å²) in [6, 6.07) is 9.66. The smallest absolute Gasteiger partial charge is 0.132 e. The number of nitrogens with two attached hydrogens (primary N) is 1. The number of ether oxygens (including phenoxy) is 1. The van der Waals surface area contributed by atoms with E-state index in [1.807, 2.05) is 24.3 Å². The Hall–Kier alpha value is -1.18. The van der Waals surface area contributed by atoms with Crippen molar-refractivity contribution in [2.45, 2.75) is 16.2 Å². The van der Waals surface area contributed by atoms with Crippen molar-refractivity contribution in [2.75, 3.05) is 6.61 Å². The van der Waals surface area contributed by atoms with Crippen LogP contribution in [0.4, 0.5) is 0 Å². The van der Waals surface area contributed by atoms with Crippen LogP contribution in [0.15, 0.2) is 29.2 Å². The summed E-state index contributed by atoms with van der Waals surface area (Å²) in [6.07, 6.45) is 0. The predicted molar refractivity (Wildman–Crippen MR) is 55.2 cm³/mol. The van der Waals surface area contributed by atoms with E-state index >= 15 is 0 Å². The van der Waals surface area contributed by atoms with Crippen molar-refractivity contribution in [3.63, 3.8) is 0 Å². The number of nitrogens with zero attached hydrogens (tertiary/aromatic N) is 1. The molecule has 2 unspecified atom stereocenters. The molecule has 2 atom stereocenters. The third-order valence-corrected chi connectivity index (χ3v) is 3.35. The number of rotatable bonds is 0. The van der Waals surface area contributed by atoms with E-state index in [1.54, 1.807) is 0 Å². The molecule has 0 fully saturated rings. The van der Waals surface area contributed by atoms with Crippen LogP contribution in [0.2, 0.25) is 0 Å². The van der Waals surface area contributed by atoms with E-state index in [2.05, 4.69) is 6.07 Å². The van der Waals surface area contributed by atoms with Gasteiger partial charge in [0.1, 0.15) is 17.6 Å². The minimum absolute atomic E-state index is 0.223. The summed E-state index contributed by atoms with van der Waals surface area (Å²) in [4.78, 5) is 0.993. The fourth-order valence-corrected chi connectivity index (χ4v) is 2.27. The van der Waals surface area contributed by atoms with Crippen LogP contribution in [0.3, 0.4) is 0 Å². The van der Waals surface area contributed by atoms with Gasteiger partial charge in [0, 0.05) is 0 Å². The van der Waals surface area contributed by atoms with Crippen LogP contribution in [0.1, 0.15) is 0 Å². The van der Waals surface area contributed by atoms with E-state index in [4.69, 9.17) is 15.7 Å². The number of fused-ring (bicyclic) bond motifs is 1. The van der Waals surface area contributed by atoms with E-state index in [1.165, 1.54) is 11.8 Å². The molecule has 0 amide bonds. The molecule has 0 saturated heterocycles. The molecule has 0 spiro atoms. The Balaban J connectivity index is 2.32. The maximum absolute atomic E-state index is 8.91. The highest BCUT2D eigenvalue weighted by Gasteiger charge is 2.24. The Labute approximate surface area is 86.9 Å². The van der Waals surface area contributed by atoms with Crippen molar-refractivity contribution in [2.24, 2.45) is 5.73 Å². The molecule has 2 N–H and O–H groups in total. The maximum Gasteiger partial charge on any atom is 0.132 e. The van der Waals surface area contributed by atoms with Crippen molar-refractivity contribution in [1.82, 2.24) is 0 Å². The molecule has 0 bridgehead atoms. The van der Waals surface area contributed by atoms with Gasteiger partial charge in [0.2, 0.25) is 0 Å². The minimum Gasteiger partial charge on any atom is -0.491 e. The first-order valence-corrected chi connectivity index (χ1v) is 5.23. The minimum atomic E-state index is -0.225. The molecule has 0 saturated carbocycles. The second-order valence-electron chi connectivity index (χ2n) is 3.09. The Morgan fingerprint density at radius 3 is 3.07 bits per heavy atom. The van der Waals surface area contributed by atoms with Crippen molar-refractivity contribution in [3.8, 4) is 11.8 Å². The molecule has 1 heterocycles. The zero-order valence-corrected chi connectivity index (χ0v) is 8.33. The second-order valence-corrected chi connectivity index (χ2v) is 4.27. The summed E-state index contributed by atoms with van der Waals surface area (Å²) in [5.74, 6) is 0.825. The predicted octanol–water partition coefficient (Wildman–Crippen LogP) is 1.39. The first-order valence-electron chi connectivity index (χ1n) is 4.35. The zero-order chi connectivity index (χ0) is 9.97. The summed E-state index contributed by atoms with van der Waals surface area (Å²) >= 11 is 1.47. The van der Waals surface area contributed by atoms with Gasteiger partial charge in [0.25, 0.3) is 0 Å². The van der Waals surface area contributed by atoms with E-state index in [0.717, 1.165) is 10.6 Å². The van der Waals surface area contributed by atoms with E-state index < -0.39 is 0 Å². The van der Waals surface area contributed by atoms with Crippen molar-refractivity contribution < 1.29 is 4.74 Å². The van der Waals surface area contributed by atoms with E-state index in [0.29, 0.717) is 6.61 Å². The molecule has 1 aliphatic rings. The van der Waals surface area contributed by atoms with Gasteiger partial charge in [0.15, 0.2) is 0 Å². The monoisotopic (exact) mass is 206 g/mol. The van der Waals surface area contributed by atoms with Gasteiger partial charge in [-0.15, -0.1) is 11.8 Å². The first-order chi connectivity index (χ1) is 6.81. The summed E-state index contributed by atoms with van der Waals surface area (Å²) in [5, 5.41) is 8.68. The van der Waals surface area contributed by atoms with Crippen LogP contribution in [-0.2, 0) is 0 Å². The van der Waals surface area contributed by atoms with Crippen molar-refractivity contribution in [1.29, 1.82) is 5.26 Å². The normalized spacial score (nSPS) is 25.4. The van der Waals surface area contributed by atoms with Gasteiger partial charge in [-0.2, -0.15) is 5.26 Å². The standard InChI is InChI=1S/C10H10N2OS/c11-5-10-7(12)6-13-8-3-1-2-4-9(8)14-10/h1-4,7,10H,6,12H2. The molecule has 72 valence electrons. The summed E-state index contributed by atoms with van der Waals surface area (Å²) in [6.45, 7) is 0.405. The van der Waals surface area contributed by atoms with E-state index in [9.17, 15) is 0 Å². The summed E-state index contributed by atoms with van der Waals surface area (Å²) < 4.78 is 5.50. The molecule has 14 heavy (non-hydrogen) atoms. The zero-order valence-electron chi connectivity index (χ0n) is 7.51.